The zero-order valence-electron chi connectivity index (χ0n) is 9.44. The van der Waals surface area contributed by atoms with Crippen LogP contribution in [0.2, 0.25) is 0 Å². The van der Waals surface area contributed by atoms with E-state index in [0.29, 0.717) is 0 Å². The highest BCUT2D eigenvalue weighted by Crippen LogP contribution is 2.29. The van der Waals surface area contributed by atoms with E-state index in [1.165, 1.54) is 12.8 Å². The number of sulfonamides is 1. The topological polar surface area (TPSA) is 49.4 Å². The molecule has 2 fully saturated rings. The van der Waals surface area contributed by atoms with Gasteiger partial charge >= 0.3 is 0 Å². The highest BCUT2D eigenvalue weighted by molar-refractivity contribution is 7.90. The lowest BCUT2D eigenvalue weighted by Crippen LogP contribution is -2.40. The Balaban J connectivity index is 1.86. The molecular weight excluding hydrogens is 212 g/mol. The average Bonchev–Trinajstić information content (AvgIpc) is 2.88. The van der Waals surface area contributed by atoms with Gasteiger partial charge in [-0.3, -0.25) is 4.90 Å². The number of nitrogens with one attached hydrogen (secondary N) is 1. The van der Waals surface area contributed by atoms with Crippen molar-refractivity contribution in [2.24, 2.45) is 0 Å². The fourth-order valence-corrected chi connectivity index (χ4v) is 2.95. The Bertz CT molecular complexity index is 322. The molecule has 1 atom stereocenters. The molecule has 1 saturated heterocycles. The lowest BCUT2D eigenvalue weighted by atomic mass is 10.3. The van der Waals surface area contributed by atoms with Crippen molar-refractivity contribution < 1.29 is 8.42 Å². The van der Waals surface area contributed by atoms with Crippen molar-refractivity contribution in [1.29, 1.82) is 0 Å². The molecule has 5 heteroatoms. The summed E-state index contributed by atoms with van der Waals surface area (Å²) in [6, 6.07) is 0.886. The van der Waals surface area contributed by atoms with Gasteiger partial charge in [-0.1, -0.05) is 0 Å². The van der Waals surface area contributed by atoms with Crippen LogP contribution in [0.4, 0.5) is 0 Å². The third kappa shape index (κ3) is 2.71. The standard InChI is InChI=1S/C10H20N2O2S/c1-8(2)15(13,14)11-9-5-6-12(7-9)10-3-4-10/h8-11H,3-7H2,1-2H3. The smallest absolute Gasteiger partial charge is 0.214 e. The molecule has 2 rings (SSSR count). The summed E-state index contributed by atoms with van der Waals surface area (Å²) in [6.45, 7) is 5.39. The van der Waals surface area contributed by atoms with E-state index in [0.717, 1.165) is 25.6 Å². The summed E-state index contributed by atoms with van der Waals surface area (Å²) >= 11 is 0. The number of likely N-dealkylation sites (tertiary alicyclic amines) is 1. The number of rotatable bonds is 4. The lowest BCUT2D eigenvalue weighted by molar-refractivity contribution is 0.322. The molecule has 88 valence electrons. The molecule has 0 aromatic rings. The number of hydrogen-bond donors (Lipinski definition) is 1. The van der Waals surface area contributed by atoms with Crippen LogP contribution in [0.15, 0.2) is 0 Å². The molecule has 15 heavy (non-hydrogen) atoms. The quantitative estimate of drug-likeness (QED) is 0.770. The summed E-state index contributed by atoms with van der Waals surface area (Å²) in [6.07, 6.45) is 3.55. The molecule has 0 spiro atoms. The molecule has 1 aliphatic carbocycles. The Labute approximate surface area is 92.1 Å². The fourth-order valence-electron chi connectivity index (χ4n) is 2.02. The van der Waals surface area contributed by atoms with Gasteiger partial charge in [0.25, 0.3) is 0 Å². The van der Waals surface area contributed by atoms with E-state index in [-0.39, 0.29) is 11.3 Å². The molecule has 1 saturated carbocycles. The van der Waals surface area contributed by atoms with Crippen molar-refractivity contribution in [2.45, 2.75) is 50.4 Å². The van der Waals surface area contributed by atoms with Crippen molar-refractivity contribution in [3.05, 3.63) is 0 Å². The first kappa shape index (κ1) is 11.4. The summed E-state index contributed by atoms with van der Waals surface area (Å²) in [4.78, 5) is 2.41. The van der Waals surface area contributed by atoms with Crippen molar-refractivity contribution in [2.75, 3.05) is 13.1 Å². The lowest BCUT2D eigenvalue weighted by Gasteiger charge is -2.17. The Hall–Kier alpha value is -0.130. The average molecular weight is 232 g/mol. The van der Waals surface area contributed by atoms with Crippen LogP contribution in [-0.4, -0.2) is 43.7 Å². The van der Waals surface area contributed by atoms with E-state index in [9.17, 15) is 8.42 Å². The van der Waals surface area contributed by atoms with E-state index >= 15 is 0 Å². The third-order valence-electron chi connectivity index (χ3n) is 3.23. The van der Waals surface area contributed by atoms with Gasteiger partial charge in [-0.25, -0.2) is 13.1 Å². The van der Waals surface area contributed by atoms with Crippen molar-refractivity contribution in [3.8, 4) is 0 Å². The number of nitrogens with zero attached hydrogens (tertiary/aromatic N) is 1. The van der Waals surface area contributed by atoms with E-state index in [1.807, 2.05) is 0 Å². The van der Waals surface area contributed by atoms with Gasteiger partial charge in [-0.15, -0.1) is 0 Å². The zero-order valence-corrected chi connectivity index (χ0v) is 10.3. The van der Waals surface area contributed by atoms with Gasteiger partial charge in [0.15, 0.2) is 0 Å². The largest absolute Gasteiger partial charge is 0.299 e. The van der Waals surface area contributed by atoms with Gasteiger partial charge in [0.2, 0.25) is 10.0 Å². The van der Waals surface area contributed by atoms with Crippen LogP contribution in [-0.2, 0) is 10.0 Å². The monoisotopic (exact) mass is 232 g/mol. The summed E-state index contributed by atoms with van der Waals surface area (Å²) in [5.41, 5.74) is 0. The fraction of sp³-hybridized carbons (Fsp3) is 1.00. The van der Waals surface area contributed by atoms with Crippen LogP contribution in [0.5, 0.6) is 0 Å². The minimum atomic E-state index is -3.09. The van der Waals surface area contributed by atoms with Crippen LogP contribution in [0.1, 0.15) is 33.1 Å². The minimum Gasteiger partial charge on any atom is -0.299 e. The predicted octanol–water partition coefficient (Wildman–Crippen LogP) is 0.551. The highest BCUT2D eigenvalue weighted by atomic mass is 32.2. The van der Waals surface area contributed by atoms with Gasteiger partial charge in [0.05, 0.1) is 5.25 Å². The van der Waals surface area contributed by atoms with Crippen molar-refractivity contribution in [3.63, 3.8) is 0 Å². The minimum absolute atomic E-state index is 0.137. The molecule has 0 bridgehead atoms. The van der Waals surface area contributed by atoms with Crippen LogP contribution in [0.25, 0.3) is 0 Å². The molecule has 0 aromatic heterocycles. The molecule has 2 aliphatic rings. The molecule has 0 aromatic carbocycles. The Morgan fingerprint density at radius 3 is 2.47 bits per heavy atom. The SMILES string of the molecule is CC(C)S(=O)(=O)NC1CCN(C2CC2)C1. The second-order valence-corrected chi connectivity index (χ2v) is 7.19. The molecular formula is C10H20N2O2S. The Morgan fingerprint density at radius 1 is 1.27 bits per heavy atom. The molecule has 0 radical (unpaired) electrons. The maximum atomic E-state index is 11.6. The van der Waals surface area contributed by atoms with Crippen molar-refractivity contribution >= 4 is 10.0 Å². The summed E-state index contributed by atoms with van der Waals surface area (Å²) in [5.74, 6) is 0. The molecule has 4 nitrogen and oxygen atoms in total. The van der Waals surface area contributed by atoms with Crippen LogP contribution in [0.3, 0.4) is 0 Å². The van der Waals surface area contributed by atoms with Gasteiger partial charge in [-0.2, -0.15) is 0 Å². The predicted molar refractivity (Wildman–Crippen MR) is 60.2 cm³/mol. The van der Waals surface area contributed by atoms with Crippen LogP contribution >= 0.6 is 0 Å². The summed E-state index contributed by atoms with van der Waals surface area (Å²) in [7, 11) is -3.09. The van der Waals surface area contributed by atoms with Crippen molar-refractivity contribution in [1.82, 2.24) is 9.62 Å². The highest BCUT2D eigenvalue weighted by Gasteiger charge is 2.35. The van der Waals surface area contributed by atoms with E-state index in [1.54, 1.807) is 13.8 Å². The normalized spacial score (nSPS) is 28.9. The van der Waals surface area contributed by atoms with Crippen LogP contribution < -0.4 is 4.72 Å². The van der Waals surface area contributed by atoms with E-state index in [4.69, 9.17) is 0 Å². The molecule has 1 aliphatic heterocycles. The maximum absolute atomic E-state index is 11.6. The first-order chi connectivity index (χ1) is 6.99. The summed E-state index contributed by atoms with van der Waals surface area (Å²) in [5, 5.41) is -0.326. The van der Waals surface area contributed by atoms with Gasteiger partial charge in [0.1, 0.15) is 0 Å². The third-order valence-corrected chi connectivity index (χ3v) is 5.14. The van der Waals surface area contributed by atoms with E-state index < -0.39 is 10.0 Å². The molecule has 1 N–H and O–H groups in total. The first-order valence-electron chi connectivity index (χ1n) is 5.74. The molecule has 1 heterocycles. The maximum Gasteiger partial charge on any atom is 0.214 e. The molecule has 1 unspecified atom stereocenters. The second kappa shape index (κ2) is 4.03. The molecule has 0 amide bonds. The number of hydrogen-bond acceptors (Lipinski definition) is 3. The van der Waals surface area contributed by atoms with Gasteiger partial charge < -0.3 is 0 Å². The Kier molecular flexibility index (Phi) is 3.05. The Morgan fingerprint density at radius 2 is 1.93 bits per heavy atom. The van der Waals surface area contributed by atoms with Gasteiger partial charge in [0, 0.05) is 25.2 Å². The van der Waals surface area contributed by atoms with E-state index in [2.05, 4.69) is 9.62 Å². The summed E-state index contributed by atoms with van der Waals surface area (Å²) < 4.78 is 26.1. The first-order valence-corrected chi connectivity index (χ1v) is 7.29. The van der Waals surface area contributed by atoms with Crippen LogP contribution in [0, 0.1) is 0 Å². The second-order valence-electron chi connectivity index (χ2n) is 4.92. The zero-order chi connectivity index (χ0) is 11.1. The van der Waals surface area contributed by atoms with Gasteiger partial charge in [-0.05, 0) is 33.1 Å².